The van der Waals surface area contributed by atoms with Crippen LogP contribution < -0.4 is 10.1 Å². The normalized spacial score (nSPS) is 16.4. The van der Waals surface area contributed by atoms with Crippen molar-refractivity contribution in [3.8, 4) is 5.75 Å². The van der Waals surface area contributed by atoms with Gasteiger partial charge in [-0.15, -0.1) is 6.58 Å². The van der Waals surface area contributed by atoms with Crippen LogP contribution in [-0.4, -0.2) is 19.7 Å². The second kappa shape index (κ2) is 7.22. The summed E-state index contributed by atoms with van der Waals surface area (Å²) < 4.78 is 5.92. The van der Waals surface area contributed by atoms with E-state index in [1.807, 2.05) is 12.1 Å². The van der Waals surface area contributed by atoms with Crippen LogP contribution in [0.5, 0.6) is 5.75 Å². The summed E-state index contributed by atoms with van der Waals surface area (Å²) >= 11 is 0. The van der Waals surface area contributed by atoms with E-state index in [-0.39, 0.29) is 0 Å². The Bertz CT molecular complexity index is 369. The van der Waals surface area contributed by atoms with Gasteiger partial charge in [-0.2, -0.15) is 0 Å². The quantitative estimate of drug-likeness (QED) is 0.777. The highest BCUT2D eigenvalue weighted by atomic mass is 16.5. The highest BCUT2D eigenvalue weighted by molar-refractivity contribution is 5.34. The summed E-state index contributed by atoms with van der Waals surface area (Å²) in [6.07, 6.45) is 6.55. The summed E-state index contributed by atoms with van der Waals surface area (Å²) in [6, 6.07) is 8.26. The number of piperidine rings is 1. The third-order valence-corrected chi connectivity index (χ3v) is 3.58. The summed E-state index contributed by atoms with van der Waals surface area (Å²) in [4.78, 5) is 0. The van der Waals surface area contributed by atoms with Gasteiger partial charge in [-0.3, -0.25) is 0 Å². The highest BCUT2D eigenvalue weighted by Gasteiger charge is 2.12. The summed E-state index contributed by atoms with van der Waals surface area (Å²) in [7, 11) is 0. The van der Waals surface area contributed by atoms with Gasteiger partial charge in [0.05, 0.1) is 6.61 Å². The van der Waals surface area contributed by atoms with E-state index in [2.05, 4.69) is 30.1 Å². The van der Waals surface area contributed by atoms with Crippen LogP contribution >= 0.6 is 0 Å². The number of rotatable bonds is 6. The number of ether oxygens (including phenoxy) is 1. The Morgan fingerprint density at radius 1 is 1.28 bits per heavy atom. The minimum absolute atomic E-state index is 0.831. The molecule has 1 heterocycles. The van der Waals surface area contributed by atoms with Crippen molar-refractivity contribution in [3.05, 3.63) is 42.5 Å². The van der Waals surface area contributed by atoms with Crippen LogP contribution in [0.2, 0.25) is 0 Å². The Kier molecular flexibility index (Phi) is 5.28. The number of para-hydroxylation sites is 1. The molecule has 0 bridgehead atoms. The monoisotopic (exact) mass is 245 g/mol. The Morgan fingerprint density at radius 2 is 2.06 bits per heavy atom. The SMILES string of the molecule is C=CCc1ccccc1OCCC1CCNCC1. The molecule has 0 amide bonds. The molecule has 2 heteroatoms. The van der Waals surface area contributed by atoms with Crippen molar-refractivity contribution in [2.45, 2.75) is 25.7 Å². The zero-order valence-corrected chi connectivity index (χ0v) is 11.0. The van der Waals surface area contributed by atoms with Gasteiger partial charge in [0.15, 0.2) is 0 Å². The molecule has 1 N–H and O–H groups in total. The van der Waals surface area contributed by atoms with Crippen molar-refractivity contribution in [1.29, 1.82) is 0 Å². The van der Waals surface area contributed by atoms with E-state index < -0.39 is 0 Å². The van der Waals surface area contributed by atoms with E-state index >= 15 is 0 Å². The van der Waals surface area contributed by atoms with Crippen molar-refractivity contribution in [3.63, 3.8) is 0 Å². The lowest BCUT2D eigenvalue weighted by atomic mass is 9.95. The molecule has 0 unspecified atom stereocenters. The van der Waals surface area contributed by atoms with Gasteiger partial charge < -0.3 is 10.1 Å². The zero-order valence-electron chi connectivity index (χ0n) is 11.0. The van der Waals surface area contributed by atoms with Crippen molar-refractivity contribution < 1.29 is 4.74 Å². The molecule has 1 aliphatic rings. The van der Waals surface area contributed by atoms with Gasteiger partial charge in [0, 0.05) is 0 Å². The van der Waals surface area contributed by atoms with Crippen molar-refractivity contribution in [2.24, 2.45) is 5.92 Å². The standard InChI is InChI=1S/C16H23NO/c1-2-5-15-6-3-4-7-16(15)18-13-10-14-8-11-17-12-9-14/h2-4,6-7,14,17H,1,5,8-13H2. The molecule has 0 aliphatic carbocycles. The molecule has 1 fully saturated rings. The predicted molar refractivity (Wildman–Crippen MR) is 76.0 cm³/mol. The lowest BCUT2D eigenvalue weighted by Gasteiger charge is -2.22. The van der Waals surface area contributed by atoms with Gasteiger partial charge in [-0.1, -0.05) is 24.3 Å². The Balaban J connectivity index is 1.80. The molecule has 2 rings (SSSR count). The second-order valence-electron chi connectivity index (χ2n) is 4.93. The van der Waals surface area contributed by atoms with Gasteiger partial charge in [0.2, 0.25) is 0 Å². The third kappa shape index (κ3) is 3.88. The smallest absolute Gasteiger partial charge is 0.122 e. The van der Waals surface area contributed by atoms with Gasteiger partial charge in [-0.25, -0.2) is 0 Å². The van der Waals surface area contributed by atoms with Crippen molar-refractivity contribution in [1.82, 2.24) is 5.32 Å². The molecule has 0 aromatic heterocycles. The topological polar surface area (TPSA) is 21.3 Å². The van der Waals surface area contributed by atoms with Gasteiger partial charge in [0.25, 0.3) is 0 Å². The molecule has 0 saturated carbocycles. The first-order valence-electron chi connectivity index (χ1n) is 6.92. The average molecular weight is 245 g/mol. The number of hydrogen-bond acceptors (Lipinski definition) is 2. The average Bonchev–Trinajstić information content (AvgIpc) is 2.42. The minimum atomic E-state index is 0.831. The lowest BCUT2D eigenvalue weighted by molar-refractivity contribution is 0.250. The molecule has 2 nitrogen and oxygen atoms in total. The number of hydrogen-bond donors (Lipinski definition) is 1. The van der Waals surface area contributed by atoms with E-state index in [9.17, 15) is 0 Å². The number of benzene rings is 1. The number of allylic oxidation sites excluding steroid dienone is 1. The van der Waals surface area contributed by atoms with Gasteiger partial charge in [0.1, 0.15) is 5.75 Å². The summed E-state index contributed by atoms with van der Waals surface area (Å²) in [6.45, 7) is 6.95. The van der Waals surface area contributed by atoms with E-state index in [0.29, 0.717) is 0 Å². The first-order valence-corrected chi connectivity index (χ1v) is 6.92. The molecule has 1 aliphatic heterocycles. The van der Waals surface area contributed by atoms with E-state index in [4.69, 9.17) is 4.74 Å². The van der Waals surface area contributed by atoms with Crippen LogP contribution in [0.25, 0.3) is 0 Å². The van der Waals surface area contributed by atoms with E-state index in [0.717, 1.165) is 37.8 Å². The van der Waals surface area contributed by atoms with Crippen LogP contribution in [0.15, 0.2) is 36.9 Å². The minimum Gasteiger partial charge on any atom is -0.493 e. The molecule has 0 radical (unpaired) electrons. The fourth-order valence-corrected chi connectivity index (χ4v) is 2.47. The lowest BCUT2D eigenvalue weighted by Crippen LogP contribution is -2.28. The van der Waals surface area contributed by atoms with Crippen LogP contribution in [0.3, 0.4) is 0 Å². The van der Waals surface area contributed by atoms with Crippen molar-refractivity contribution >= 4 is 0 Å². The number of nitrogens with one attached hydrogen (secondary N) is 1. The molecule has 1 aromatic carbocycles. The first-order chi connectivity index (χ1) is 8.90. The summed E-state index contributed by atoms with van der Waals surface area (Å²) in [5.41, 5.74) is 1.23. The van der Waals surface area contributed by atoms with Crippen LogP contribution in [0.4, 0.5) is 0 Å². The first kappa shape index (κ1) is 13.2. The Hall–Kier alpha value is -1.28. The van der Waals surface area contributed by atoms with E-state index in [1.165, 1.54) is 24.8 Å². The fraction of sp³-hybridized carbons (Fsp3) is 0.500. The molecular weight excluding hydrogens is 222 g/mol. The Labute approximate surface area is 110 Å². The predicted octanol–water partition coefficient (Wildman–Crippen LogP) is 3.18. The van der Waals surface area contributed by atoms with Crippen molar-refractivity contribution in [2.75, 3.05) is 19.7 Å². The van der Waals surface area contributed by atoms with E-state index in [1.54, 1.807) is 0 Å². The molecule has 1 aromatic rings. The van der Waals surface area contributed by atoms with Gasteiger partial charge in [-0.05, 0) is 56.3 Å². The maximum absolute atomic E-state index is 5.92. The zero-order chi connectivity index (χ0) is 12.6. The van der Waals surface area contributed by atoms with Crippen LogP contribution in [0.1, 0.15) is 24.8 Å². The molecule has 0 spiro atoms. The highest BCUT2D eigenvalue weighted by Crippen LogP contribution is 2.21. The molecule has 98 valence electrons. The molecule has 18 heavy (non-hydrogen) atoms. The molecule has 0 atom stereocenters. The summed E-state index contributed by atoms with van der Waals surface area (Å²) in [5, 5.41) is 3.40. The summed E-state index contributed by atoms with van der Waals surface area (Å²) in [5.74, 6) is 1.85. The Morgan fingerprint density at radius 3 is 2.83 bits per heavy atom. The third-order valence-electron chi connectivity index (χ3n) is 3.58. The maximum atomic E-state index is 5.92. The largest absolute Gasteiger partial charge is 0.493 e. The van der Waals surface area contributed by atoms with Crippen LogP contribution in [0, 0.1) is 5.92 Å². The van der Waals surface area contributed by atoms with Gasteiger partial charge >= 0.3 is 0 Å². The molecule has 1 saturated heterocycles. The maximum Gasteiger partial charge on any atom is 0.122 e. The molecular formula is C16H23NO. The second-order valence-corrected chi connectivity index (χ2v) is 4.93. The van der Waals surface area contributed by atoms with Crippen LogP contribution in [-0.2, 0) is 6.42 Å². The fourth-order valence-electron chi connectivity index (χ4n) is 2.47.